The fraction of sp³-hybridized carbons (Fsp3) is 0.700. The second-order valence-corrected chi connectivity index (χ2v) is 3.97. The van der Waals surface area contributed by atoms with Gasteiger partial charge in [0, 0.05) is 25.7 Å². The smallest absolute Gasteiger partial charge is 0.109 e. The van der Waals surface area contributed by atoms with Gasteiger partial charge in [-0.05, 0) is 19.4 Å². The molecule has 0 bridgehead atoms. The highest BCUT2D eigenvalue weighted by molar-refractivity contribution is 5.06. The van der Waals surface area contributed by atoms with Gasteiger partial charge in [-0.3, -0.25) is 0 Å². The van der Waals surface area contributed by atoms with Gasteiger partial charge in [0.1, 0.15) is 5.82 Å². The van der Waals surface area contributed by atoms with Gasteiger partial charge in [0.2, 0.25) is 0 Å². The molecule has 0 radical (unpaired) electrons. The molecule has 3 nitrogen and oxygen atoms in total. The van der Waals surface area contributed by atoms with E-state index in [1.165, 1.54) is 17.9 Å². The molecule has 1 atom stereocenters. The average Bonchev–Trinajstić information content (AvgIpc) is 2.46. The Labute approximate surface area is 79.2 Å². The van der Waals surface area contributed by atoms with Gasteiger partial charge in [-0.1, -0.05) is 6.92 Å². The van der Waals surface area contributed by atoms with Crippen molar-refractivity contribution in [3.8, 4) is 0 Å². The van der Waals surface area contributed by atoms with Crippen molar-refractivity contribution in [1.29, 1.82) is 0 Å². The molecule has 72 valence electrons. The summed E-state index contributed by atoms with van der Waals surface area (Å²) >= 11 is 0. The van der Waals surface area contributed by atoms with E-state index in [4.69, 9.17) is 0 Å². The molecule has 0 fully saturated rings. The third-order valence-electron chi connectivity index (χ3n) is 2.66. The standard InChI is InChI=1S/C10H17N3/c1-8-3-4-13-7-9(6-11-2)12-10(13)5-8/h7-8,11H,3-6H2,1-2H3. The average molecular weight is 179 g/mol. The predicted octanol–water partition coefficient (Wildman–Crippen LogP) is 1.18. The first-order valence-electron chi connectivity index (χ1n) is 4.99. The molecule has 1 aromatic heterocycles. The van der Waals surface area contributed by atoms with Crippen LogP contribution in [-0.2, 0) is 19.5 Å². The Morgan fingerprint density at radius 2 is 2.54 bits per heavy atom. The summed E-state index contributed by atoms with van der Waals surface area (Å²) in [5, 5.41) is 3.13. The third kappa shape index (κ3) is 1.75. The van der Waals surface area contributed by atoms with Crippen LogP contribution in [0.5, 0.6) is 0 Å². The Bertz CT molecular complexity index is 290. The largest absolute Gasteiger partial charge is 0.335 e. The van der Waals surface area contributed by atoms with Crippen LogP contribution in [0.25, 0.3) is 0 Å². The Kier molecular flexibility index (Phi) is 2.36. The minimum absolute atomic E-state index is 0.803. The summed E-state index contributed by atoms with van der Waals surface area (Å²) in [4.78, 5) is 4.59. The number of nitrogens with zero attached hydrogens (tertiary/aromatic N) is 2. The maximum Gasteiger partial charge on any atom is 0.109 e. The molecule has 1 N–H and O–H groups in total. The first-order chi connectivity index (χ1) is 6.29. The zero-order valence-corrected chi connectivity index (χ0v) is 8.38. The van der Waals surface area contributed by atoms with Crippen molar-refractivity contribution in [2.24, 2.45) is 5.92 Å². The lowest BCUT2D eigenvalue weighted by molar-refractivity contribution is 0.409. The van der Waals surface area contributed by atoms with E-state index >= 15 is 0 Å². The molecular formula is C10H17N3. The molecule has 1 unspecified atom stereocenters. The topological polar surface area (TPSA) is 29.9 Å². The first kappa shape index (κ1) is 8.75. The van der Waals surface area contributed by atoms with E-state index < -0.39 is 0 Å². The molecule has 1 aliphatic heterocycles. The van der Waals surface area contributed by atoms with E-state index in [2.05, 4.69) is 28.0 Å². The van der Waals surface area contributed by atoms with Crippen LogP contribution < -0.4 is 5.32 Å². The van der Waals surface area contributed by atoms with Crippen LogP contribution in [-0.4, -0.2) is 16.6 Å². The van der Waals surface area contributed by atoms with E-state index in [-0.39, 0.29) is 0 Å². The van der Waals surface area contributed by atoms with Crippen molar-refractivity contribution in [2.75, 3.05) is 7.05 Å². The molecular weight excluding hydrogens is 162 g/mol. The maximum atomic E-state index is 4.59. The summed E-state index contributed by atoms with van der Waals surface area (Å²) in [6.07, 6.45) is 4.61. The fourth-order valence-electron chi connectivity index (χ4n) is 1.91. The lowest BCUT2D eigenvalue weighted by atomic mass is 10.0. The zero-order valence-electron chi connectivity index (χ0n) is 8.38. The number of aryl methyl sites for hydroxylation is 1. The van der Waals surface area contributed by atoms with Crippen LogP contribution in [0.4, 0.5) is 0 Å². The number of hydrogen-bond acceptors (Lipinski definition) is 2. The highest BCUT2D eigenvalue weighted by Gasteiger charge is 2.16. The second-order valence-electron chi connectivity index (χ2n) is 3.97. The van der Waals surface area contributed by atoms with Gasteiger partial charge in [0.15, 0.2) is 0 Å². The molecule has 2 rings (SSSR count). The quantitative estimate of drug-likeness (QED) is 0.739. The number of rotatable bonds is 2. The molecule has 0 aliphatic carbocycles. The summed E-state index contributed by atoms with van der Waals surface area (Å²) in [7, 11) is 1.96. The first-order valence-corrected chi connectivity index (χ1v) is 4.99. The monoisotopic (exact) mass is 179 g/mol. The Balaban J connectivity index is 2.18. The number of fused-ring (bicyclic) bond motifs is 1. The highest BCUT2D eigenvalue weighted by atomic mass is 15.1. The van der Waals surface area contributed by atoms with Gasteiger partial charge in [-0.25, -0.2) is 4.98 Å². The normalized spacial score (nSPS) is 21.5. The van der Waals surface area contributed by atoms with E-state index in [0.29, 0.717) is 0 Å². The van der Waals surface area contributed by atoms with Crippen LogP contribution in [0.3, 0.4) is 0 Å². The minimum Gasteiger partial charge on any atom is -0.335 e. The number of nitrogens with one attached hydrogen (secondary N) is 1. The van der Waals surface area contributed by atoms with Crippen LogP contribution >= 0.6 is 0 Å². The Morgan fingerprint density at radius 1 is 1.69 bits per heavy atom. The van der Waals surface area contributed by atoms with Gasteiger partial charge in [-0.15, -0.1) is 0 Å². The molecule has 1 aliphatic rings. The van der Waals surface area contributed by atoms with Crippen molar-refractivity contribution in [3.05, 3.63) is 17.7 Å². The zero-order chi connectivity index (χ0) is 9.26. The SMILES string of the molecule is CNCc1cn2c(n1)CC(C)CC2. The van der Waals surface area contributed by atoms with Crippen molar-refractivity contribution in [3.63, 3.8) is 0 Å². The fourth-order valence-corrected chi connectivity index (χ4v) is 1.91. The molecule has 0 amide bonds. The summed E-state index contributed by atoms with van der Waals surface area (Å²) in [5.74, 6) is 2.07. The summed E-state index contributed by atoms with van der Waals surface area (Å²) < 4.78 is 2.30. The molecule has 2 heterocycles. The van der Waals surface area contributed by atoms with Crippen LogP contribution in [0.2, 0.25) is 0 Å². The molecule has 0 saturated carbocycles. The van der Waals surface area contributed by atoms with E-state index in [1.54, 1.807) is 0 Å². The number of hydrogen-bond donors (Lipinski definition) is 1. The van der Waals surface area contributed by atoms with Crippen molar-refractivity contribution >= 4 is 0 Å². The molecule has 3 heteroatoms. The molecule has 13 heavy (non-hydrogen) atoms. The lowest BCUT2D eigenvalue weighted by Gasteiger charge is -2.18. The van der Waals surface area contributed by atoms with Crippen LogP contribution in [0.1, 0.15) is 24.9 Å². The van der Waals surface area contributed by atoms with Gasteiger partial charge in [0.25, 0.3) is 0 Å². The maximum absolute atomic E-state index is 4.59. The van der Waals surface area contributed by atoms with Gasteiger partial charge in [-0.2, -0.15) is 0 Å². The molecule has 0 aromatic carbocycles. The van der Waals surface area contributed by atoms with Crippen molar-refractivity contribution in [1.82, 2.24) is 14.9 Å². The van der Waals surface area contributed by atoms with Crippen LogP contribution in [0.15, 0.2) is 6.20 Å². The number of aromatic nitrogens is 2. The Hall–Kier alpha value is -0.830. The molecule has 0 saturated heterocycles. The van der Waals surface area contributed by atoms with Crippen molar-refractivity contribution < 1.29 is 0 Å². The summed E-state index contributed by atoms with van der Waals surface area (Å²) in [6.45, 7) is 4.33. The van der Waals surface area contributed by atoms with Gasteiger partial charge >= 0.3 is 0 Å². The second kappa shape index (κ2) is 3.50. The minimum atomic E-state index is 0.803. The highest BCUT2D eigenvalue weighted by Crippen LogP contribution is 2.19. The van der Waals surface area contributed by atoms with E-state index in [1.807, 2.05) is 7.05 Å². The van der Waals surface area contributed by atoms with Gasteiger partial charge < -0.3 is 9.88 Å². The molecule has 0 spiro atoms. The van der Waals surface area contributed by atoms with Crippen molar-refractivity contribution in [2.45, 2.75) is 32.9 Å². The predicted molar refractivity (Wildman–Crippen MR) is 52.5 cm³/mol. The Morgan fingerprint density at radius 3 is 3.31 bits per heavy atom. The third-order valence-corrected chi connectivity index (χ3v) is 2.66. The summed E-state index contributed by atoms with van der Waals surface area (Å²) in [5.41, 5.74) is 1.17. The van der Waals surface area contributed by atoms with E-state index in [9.17, 15) is 0 Å². The van der Waals surface area contributed by atoms with E-state index in [0.717, 1.165) is 25.4 Å². The van der Waals surface area contributed by atoms with Crippen LogP contribution in [0, 0.1) is 5.92 Å². The van der Waals surface area contributed by atoms with Gasteiger partial charge in [0.05, 0.1) is 5.69 Å². The number of imidazole rings is 1. The summed E-state index contributed by atoms with van der Waals surface area (Å²) in [6, 6.07) is 0. The lowest BCUT2D eigenvalue weighted by Crippen LogP contribution is -2.16. The molecule has 1 aromatic rings.